The molecule has 1 aromatic heterocycles. The van der Waals surface area contributed by atoms with E-state index in [1.165, 1.54) is 9.58 Å². The second-order valence-electron chi connectivity index (χ2n) is 10.4. The number of carboxylic acid groups (broad SMARTS) is 1. The molecule has 2 fully saturated rings. The van der Waals surface area contributed by atoms with Gasteiger partial charge in [0.1, 0.15) is 0 Å². The third kappa shape index (κ3) is 7.32. The van der Waals surface area contributed by atoms with Crippen molar-refractivity contribution in [3.8, 4) is 11.5 Å². The predicted octanol–water partition coefficient (Wildman–Crippen LogP) is 1.55. The van der Waals surface area contributed by atoms with E-state index in [4.69, 9.17) is 35.7 Å². The van der Waals surface area contributed by atoms with Crippen molar-refractivity contribution in [2.75, 3.05) is 53.1 Å². The first kappa shape index (κ1) is 31.1. The molecule has 3 aliphatic rings. The van der Waals surface area contributed by atoms with E-state index in [1.807, 2.05) is 23.1 Å². The second-order valence-corrected chi connectivity index (χ2v) is 10.8. The average Bonchev–Trinajstić information content (AvgIpc) is 3.56. The molecule has 0 radical (unpaired) electrons. The Balaban J connectivity index is 0.00000129. The summed E-state index contributed by atoms with van der Waals surface area (Å²) >= 11 is 6.24. The van der Waals surface area contributed by atoms with Gasteiger partial charge in [-0.15, -0.1) is 0 Å². The molecular weight excluding hydrogens is 570 g/mol. The molecule has 2 N–H and O–H groups in total. The summed E-state index contributed by atoms with van der Waals surface area (Å²) in [6.07, 6.45) is 3.43. The molecule has 2 aromatic rings. The first-order valence-corrected chi connectivity index (χ1v) is 14.2. The summed E-state index contributed by atoms with van der Waals surface area (Å²) in [6.45, 7) is 2.18. The Morgan fingerprint density at radius 3 is 2.60 bits per heavy atom. The molecule has 42 heavy (non-hydrogen) atoms. The quantitative estimate of drug-likeness (QED) is 0.496. The fourth-order valence-corrected chi connectivity index (χ4v) is 5.84. The monoisotopic (exact) mass is 605 g/mol. The highest BCUT2D eigenvalue weighted by atomic mass is 35.5. The molecule has 14 heteroatoms. The lowest BCUT2D eigenvalue weighted by atomic mass is 9.93. The number of ether oxygens (including phenoxy) is 3. The van der Waals surface area contributed by atoms with Gasteiger partial charge in [0.15, 0.2) is 17.2 Å². The van der Waals surface area contributed by atoms with Gasteiger partial charge < -0.3 is 34.4 Å². The van der Waals surface area contributed by atoms with Gasteiger partial charge in [-0.2, -0.15) is 5.10 Å². The normalized spacial score (nSPS) is 21.3. The number of nitrogens with one attached hydrogen (secondary N) is 1. The van der Waals surface area contributed by atoms with Crippen LogP contribution in [0.15, 0.2) is 24.4 Å². The van der Waals surface area contributed by atoms with E-state index < -0.39 is 5.91 Å². The van der Waals surface area contributed by atoms with Crippen molar-refractivity contribution in [3.05, 3.63) is 40.7 Å². The topological polar surface area (TPSA) is 153 Å². The maximum absolute atomic E-state index is 13.4. The Morgan fingerprint density at radius 1 is 1.19 bits per heavy atom. The van der Waals surface area contributed by atoms with Crippen LogP contribution in [-0.4, -0.2) is 108 Å². The Morgan fingerprint density at radius 2 is 1.93 bits per heavy atom. The van der Waals surface area contributed by atoms with E-state index in [2.05, 4.69) is 10.4 Å². The van der Waals surface area contributed by atoms with E-state index >= 15 is 0 Å². The summed E-state index contributed by atoms with van der Waals surface area (Å²) in [5, 5.41) is 14.4. The summed E-state index contributed by atoms with van der Waals surface area (Å²) < 4.78 is 18.5. The van der Waals surface area contributed by atoms with Crippen molar-refractivity contribution in [1.82, 2.24) is 24.9 Å². The zero-order chi connectivity index (χ0) is 30.2. The van der Waals surface area contributed by atoms with Crippen LogP contribution in [0.3, 0.4) is 0 Å². The van der Waals surface area contributed by atoms with Crippen LogP contribution in [-0.2, 0) is 26.2 Å². The number of rotatable bonds is 3. The molecule has 2 bridgehead atoms. The number of carbonyl (C=O) groups is 4. The Labute approximate surface area is 248 Å². The number of aryl methyl sites for hydroxylation is 1. The average molecular weight is 606 g/mol. The number of likely N-dealkylation sites (tertiary alicyclic amines) is 1. The summed E-state index contributed by atoms with van der Waals surface area (Å²) in [5.74, 6) is 0.303. The summed E-state index contributed by atoms with van der Waals surface area (Å²) in [4.78, 5) is 51.7. The number of hydrogen-bond donors (Lipinski definition) is 2. The van der Waals surface area contributed by atoms with E-state index in [0.717, 1.165) is 5.56 Å². The number of methoxy groups -OCH3 is 1. The maximum atomic E-state index is 13.4. The number of carbonyl (C=O) groups excluding carboxylic acids is 3. The third-order valence-corrected chi connectivity index (χ3v) is 7.88. The molecule has 228 valence electrons. The number of aromatic nitrogens is 2. The Kier molecular flexibility index (Phi) is 10.6. The van der Waals surface area contributed by atoms with Crippen molar-refractivity contribution in [1.29, 1.82) is 0 Å². The molecule has 3 aliphatic heterocycles. The minimum Gasteiger partial charge on any atom is -0.493 e. The predicted molar refractivity (Wildman–Crippen MR) is 151 cm³/mol. The molecule has 1 aromatic carbocycles. The van der Waals surface area contributed by atoms with Crippen molar-refractivity contribution in [2.24, 2.45) is 13.0 Å². The van der Waals surface area contributed by atoms with Crippen LogP contribution in [0.4, 0.5) is 0 Å². The minimum absolute atomic E-state index is 0.0783. The molecule has 0 aliphatic carbocycles. The largest absolute Gasteiger partial charge is 0.493 e. The van der Waals surface area contributed by atoms with Crippen molar-refractivity contribution >= 4 is 35.8 Å². The van der Waals surface area contributed by atoms with Gasteiger partial charge in [-0.05, 0) is 37.0 Å². The van der Waals surface area contributed by atoms with Crippen LogP contribution >= 0.6 is 11.6 Å². The molecule has 3 amide bonds. The highest BCUT2D eigenvalue weighted by Gasteiger charge is 2.40. The van der Waals surface area contributed by atoms with E-state index in [0.29, 0.717) is 63.7 Å². The molecule has 0 unspecified atom stereocenters. The zero-order valence-electron chi connectivity index (χ0n) is 23.7. The van der Waals surface area contributed by atoms with Crippen molar-refractivity contribution in [3.63, 3.8) is 0 Å². The van der Waals surface area contributed by atoms with Gasteiger partial charge >= 0.3 is 0 Å². The van der Waals surface area contributed by atoms with Gasteiger partial charge in [0.25, 0.3) is 12.4 Å². The summed E-state index contributed by atoms with van der Waals surface area (Å²) in [7, 11) is 3.26. The van der Waals surface area contributed by atoms with Crippen LogP contribution in [0.25, 0.3) is 0 Å². The molecule has 2 atom stereocenters. The van der Waals surface area contributed by atoms with Gasteiger partial charge in [-0.25, -0.2) is 0 Å². The van der Waals surface area contributed by atoms with Crippen LogP contribution in [0.2, 0.25) is 5.02 Å². The Bertz CT molecular complexity index is 1280. The highest BCUT2D eigenvalue weighted by molar-refractivity contribution is 6.33. The van der Waals surface area contributed by atoms with E-state index in [-0.39, 0.29) is 60.0 Å². The SMILES string of the molecule is COc1ccc2cc1OCCCN(C(=O)c1nn(C)cc1Cl)CC(=O)N[C@H]1CN(C(=O)C3CCOCC3)C[C@H]21.O=CO. The molecule has 5 rings (SSSR count). The molecular formula is C28H36ClN5O8. The lowest BCUT2D eigenvalue weighted by Crippen LogP contribution is -2.47. The van der Waals surface area contributed by atoms with Crippen LogP contribution < -0.4 is 14.8 Å². The van der Waals surface area contributed by atoms with Gasteiger partial charge in [0.2, 0.25) is 11.8 Å². The molecule has 0 spiro atoms. The summed E-state index contributed by atoms with van der Waals surface area (Å²) in [5.41, 5.74) is 1.04. The van der Waals surface area contributed by atoms with Crippen molar-refractivity contribution < 1.29 is 38.5 Å². The first-order valence-electron chi connectivity index (χ1n) is 13.8. The van der Waals surface area contributed by atoms with E-state index in [9.17, 15) is 14.4 Å². The number of benzene rings is 1. The van der Waals surface area contributed by atoms with Gasteiger partial charge in [0.05, 0.1) is 31.3 Å². The lowest BCUT2D eigenvalue weighted by molar-refractivity contribution is -0.137. The Hall–Kier alpha value is -3.84. The zero-order valence-corrected chi connectivity index (χ0v) is 24.4. The molecule has 0 saturated carbocycles. The fraction of sp³-hybridized carbons (Fsp3) is 0.536. The van der Waals surface area contributed by atoms with E-state index in [1.54, 1.807) is 20.4 Å². The highest BCUT2D eigenvalue weighted by Crippen LogP contribution is 2.36. The van der Waals surface area contributed by atoms with Crippen LogP contribution in [0.1, 0.15) is 41.2 Å². The number of fused-ring (bicyclic) bond motifs is 4. The van der Waals surface area contributed by atoms with Crippen LogP contribution in [0, 0.1) is 5.92 Å². The minimum atomic E-state index is -0.428. The molecule has 13 nitrogen and oxygen atoms in total. The number of halogens is 1. The maximum Gasteiger partial charge on any atom is 0.290 e. The number of amides is 3. The fourth-order valence-electron chi connectivity index (χ4n) is 5.58. The van der Waals surface area contributed by atoms with Crippen molar-refractivity contribution in [2.45, 2.75) is 31.2 Å². The number of nitrogens with zero attached hydrogens (tertiary/aromatic N) is 4. The van der Waals surface area contributed by atoms with Gasteiger partial charge in [-0.1, -0.05) is 17.7 Å². The van der Waals surface area contributed by atoms with Gasteiger partial charge in [-0.3, -0.25) is 23.9 Å². The lowest BCUT2D eigenvalue weighted by Gasteiger charge is -2.26. The number of hydrogen-bond acceptors (Lipinski definition) is 8. The van der Waals surface area contributed by atoms with Crippen LogP contribution in [0.5, 0.6) is 11.5 Å². The summed E-state index contributed by atoms with van der Waals surface area (Å²) in [6, 6.07) is 5.40. The standard InChI is InChI=1S/C27H34ClN5O6.CH2O2/c1-31-14-20(28)25(30-31)27(36)32-8-3-9-39-23-12-18(4-5-22(23)37-2)19-13-33(15-21(19)29-24(34)16-32)26(35)17-6-10-38-11-7-17;2-1-3/h4-5,12,14,17,19,21H,3,6-11,13,15-16H2,1-2H3,(H,29,34);1H,(H,2,3)/t19-,21+;/m1./s1. The van der Waals surface area contributed by atoms with Gasteiger partial charge in [0, 0.05) is 57.9 Å². The third-order valence-electron chi connectivity index (χ3n) is 7.60. The second kappa shape index (κ2) is 14.4. The molecule has 2 saturated heterocycles. The smallest absolute Gasteiger partial charge is 0.290 e. The first-order chi connectivity index (χ1) is 20.2. The molecule has 4 heterocycles.